The van der Waals surface area contributed by atoms with Crippen molar-refractivity contribution in [1.82, 2.24) is 4.90 Å². The van der Waals surface area contributed by atoms with E-state index in [1.807, 2.05) is 24.0 Å². The molecule has 150 valence electrons. The van der Waals surface area contributed by atoms with E-state index in [0.717, 1.165) is 18.4 Å². The molecule has 1 aliphatic heterocycles. The average Bonchev–Trinajstić information content (AvgIpc) is 2.66. The van der Waals surface area contributed by atoms with Gasteiger partial charge in [-0.3, -0.25) is 9.10 Å². The van der Waals surface area contributed by atoms with Crippen LogP contribution in [0.25, 0.3) is 0 Å². The summed E-state index contributed by atoms with van der Waals surface area (Å²) in [6.45, 7) is 7.66. The monoisotopic (exact) mass is 400 g/mol. The zero-order valence-electron chi connectivity index (χ0n) is 17.0. The quantitative estimate of drug-likeness (QED) is 0.777. The lowest BCUT2D eigenvalue weighted by Crippen LogP contribution is -2.43. The fourth-order valence-electron chi connectivity index (χ4n) is 3.62. The van der Waals surface area contributed by atoms with Crippen LogP contribution in [0.4, 0.5) is 5.69 Å². The van der Waals surface area contributed by atoms with Gasteiger partial charge in [-0.2, -0.15) is 0 Å². The predicted molar refractivity (Wildman–Crippen MR) is 112 cm³/mol. The van der Waals surface area contributed by atoms with Crippen LogP contribution in [0.5, 0.6) is 0 Å². The molecule has 0 aromatic heterocycles. The normalized spacial score (nSPS) is 16.6. The molecule has 28 heavy (non-hydrogen) atoms. The van der Waals surface area contributed by atoms with Crippen LogP contribution in [0.1, 0.15) is 42.6 Å². The van der Waals surface area contributed by atoms with Gasteiger partial charge in [-0.05, 0) is 55.5 Å². The summed E-state index contributed by atoms with van der Waals surface area (Å²) in [4.78, 5) is 14.9. The van der Waals surface area contributed by atoms with E-state index in [1.54, 1.807) is 24.3 Å². The third-order valence-corrected chi connectivity index (χ3v) is 7.11. The summed E-state index contributed by atoms with van der Waals surface area (Å²) >= 11 is 0. The maximum atomic E-state index is 13.1. The Kier molecular flexibility index (Phi) is 5.53. The summed E-state index contributed by atoms with van der Waals surface area (Å²) in [6.07, 6.45) is 2.05. The lowest BCUT2D eigenvalue weighted by atomic mass is 9.84. The third kappa shape index (κ3) is 4.22. The van der Waals surface area contributed by atoms with Gasteiger partial charge in [0.25, 0.3) is 15.9 Å². The van der Waals surface area contributed by atoms with E-state index in [0.29, 0.717) is 24.3 Å². The molecule has 6 heteroatoms. The van der Waals surface area contributed by atoms with E-state index < -0.39 is 10.0 Å². The van der Waals surface area contributed by atoms with Crippen molar-refractivity contribution in [1.29, 1.82) is 0 Å². The second kappa shape index (κ2) is 7.59. The predicted octanol–water partition coefficient (Wildman–Crippen LogP) is 4.08. The molecule has 0 radical (unpaired) electrons. The summed E-state index contributed by atoms with van der Waals surface area (Å²) < 4.78 is 27.4. The number of likely N-dealkylation sites (tertiary alicyclic amines) is 1. The van der Waals surface area contributed by atoms with Gasteiger partial charge in [-0.1, -0.05) is 37.6 Å². The van der Waals surface area contributed by atoms with Crippen molar-refractivity contribution in [2.75, 3.05) is 24.4 Å². The minimum absolute atomic E-state index is 0.0866. The fourth-order valence-corrected chi connectivity index (χ4v) is 4.86. The van der Waals surface area contributed by atoms with Crippen LogP contribution >= 0.6 is 0 Å². The first-order valence-corrected chi connectivity index (χ1v) is 11.0. The number of carbonyl (C=O) groups is 1. The highest BCUT2D eigenvalue weighted by molar-refractivity contribution is 7.92. The molecule has 5 nitrogen and oxygen atoms in total. The van der Waals surface area contributed by atoms with Gasteiger partial charge >= 0.3 is 0 Å². The van der Waals surface area contributed by atoms with E-state index in [4.69, 9.17) is 0 Å². The molecular formula is C22H28N2O3S. The number of anilines is 1. The summed E-state index contributed by atoms with van der Waals surface area (Å²) in [5.41, 5.74) is 2.14. The number of aryl methyl sites for hydroxylation is 1. The Morgan fingerprint density at radius 1 is 1.11 bits per heavy atom. The smallest absolute Gasteiger partial charge is 0.264 e. The van der Waals surface area contributed by atoms with Crippen LogP contribution in [-0.4, -0.2) is 39.4 Å². The lowest BCUT2D eigenvalue weighted by Gasteiger charge is -2.38. The Balaban J connectivity index is 1.87. The molecule has 1 heterocycles. The van der Waals surface area contributed by atoms with Gasteiger partial charge in [-0.15, -0.1) is 0 Å². The van der Waals surface area contributed by atoms with Crippen LogP contribution in [0.3, 0.4) is 0 Å². The van der Waals surface area contributed by atoms with Gasteiger partial charge in [0.15, 0.2) is 0 Å². The number of benzene rings is 2. The largest absolute Gasteiger partial charge is 0.338 e. The van der Waals surface area contributed by atoms with Crippen LogP contribution < -0.4 is 4.31 Å². The van der Waals surface area contributed by atoms with Gasteiger partial charge in [0.05, 0.1) is 10.6 Å². The standard InChI is InChI=1S/C22H28N2O3S/c1-17-9-11-19(12-10-17)23(4)28(26,27)20-8-5-7-18(15-20)21(25)24-14-6-13-22(2,3)16-24/h5,7-12,15H,6,13-14,16H2,1-4H3. The van der Waals surface area contributed by atoms with Crippen molar-refractivity contribution in [3.05, 3.63) is 59.7 Å². The van der Waals surface area contributed by atoms with Crippen molar-refractivity contribution in [2.45, 2.75) is 38.5 Å². The van der Waals surface area contributed by atoms with Crippen molar-refractivity contribution in [3.8, 4) is 0 Å². The number of carbonyl (C=O) groups excluding carboxylic acids is 1. The van der Waals surface area contributed by atoms with Gasteiger partial charge in [0.2, 0.25) is 0 Å². The molecule has 1 fully saturated rings. The number of nitrogens with zero attached hydrogens (tertiary/aromatic N) is 2. The number of piperidine rings is 1. The maximum Gasteiger partial charge on any atom is 0.264 e. The average molecular weight is 401 g/mol. The van der Waals surface area contributed by atoms with Crippen LogP contribution in [0.2, 0.25) is 0 Å². The second-order valence-corrected chi connectivity index (χ2v) is 10.3. The molecule has 0 spiro atoms. The molecule has 0 saturated carbocycles. The van der Waals surface area contributed by atoms with Gasteiger partial charge in [0, 0.05) is 25.7 Å². The van der Waals surface area contributed by atoms with Crippen LogP contribution in [0, 0.1) is 12.3 Å². The molecular weight excluding hydrogens is 372 g/mol. The maximum absolute atomic E-state index is 13.1. The van der Waals surface area contributed by atoms with Crippen molar-refractivity contribution < 1.29 is 13.2 Å². The molecule has 1 saturated heterocycles. The van der Waals surface area contributed by atoms with Gasteiger partial charge < -0.3 is 4.90 Å². The van der Waals surface area contributed by atoms with Crippen molar-refractivity contribution in [2.24, 2.45) is 5.41 Å². The van der Waals surface area contributed by atoms with Gasteiger partial charge in [0.1, 0.15) is 0 Å². The first kappa shape index (κ1) is 20.4. The second-order valence-electron chi connectivity index (χ2n) is 8.33. The molecule has 3 rings (SSSR count). The lowest BCUT2D eigenvalue weighted by molar-refractivity contribution is 0.0583. The zero-order valence-corrected chi connectivity index (χ0v) is 17.8. The molecule has 0 bridgehead atoms. The van der Waals surface area contributed by atoms with Crippen LogP contribution in [0.15, 0.2) is 53.4 Å². The molecule has 2 aromatic rings. The zero-order chi connectivity index (χ0) is 20.5. The number of amides is 1. The minimum Gasteiger partial charge on any atom is -0.338 e. The number of hydrogen-bond acceptors (Lipinski definition) is 3. The molecule has 0 N–H and O–H groups in total. The fraction of sp³-hybridized carbons (Fsp3) is 0.409. The highest BCUT2D eigenvalue weighted by Gasteiger charge is 2.30. The van der Waals surface area contributed by atoms with Crippen LogP contribution in [-0.2, 0) is 10.0 Å². The van der Waals surface area contributed by atoms with Crippen molar-refractivity contribution >= 4 is 21.6 Å². The molecule has 0 aliphatic carbocycles. The Morgan fingerprint density at radius 2 is 1.79 bits per heavy atom. The Labute approximate surface area is 168 Å². The van der Waals surface area contributed by atoms with E-state index in [1.165, 1.54) is 23.5 Å². The minimum atomic E-state index is -3.75. The van der Waals surface area contributed by atoms with E-state index in [-0.39, 0.29) is 16.2 Å². The first-order valence-electron chi connectivity index (χ1n) is 9.55. The summed E-state index contributed by atoms with van der Waals surface area (Å²) in [5.74, 6) is -0.109. The molecule has 1 amide bonds. The van der Waals surface area contributed by atoms with E-state index in [9.17, 15) is 13.2 Å². The van der Waals surface area contributed by atoms with Crippen molar-refractivity contribution in [3.63, 3.8) is 0 Å². The number of rotatable bonds is 4. The van der Waals surface area contributed by atoms with E-state index >= 15 is 0 Å². The summed E-state index contributed by atoms with van der Waals surface area (Å²) in [7, 11) is -2.22. The number of hydrogen-bond donors (Lipinski definition) is 0. The Bertz CT molecular complexity index is 966. The van der Waals surface area contributed by atoms with Gasteiger partial charge in [-0.25, -0.2) is 8.42 Å². The SMILES string of the molecule is Cc1ccc(N(C)S(=O)(=O)c2cccc(C(=O)N3CCCC(C)(C)C3)c2)cc1. The molecule has 1 aliphatic rings. The topological polar surface area (TPSA) is 57.7 Å². The third-order valence-electron chi connectivity index (χ3n) is 5.32. The Morgan fingerprint density at radius 3 is 2.43 bits per heavy atom. The molecule has 0 unspecified atom stereocenters. The van der Waals surface area contributed by atoms with E-state index in [2.05, 4.69) is 13.8 Å². The molecule has 2 aromatic carbocycles. The highest BCUT2D eigenvalue weighted by atomic mass is 32.2. The highest BCUT2D eigenvalue weighted by Crippen LogP contribution is 2.30. The summed E-state index contributed by atoms with van der Waals surface area (Å²) in [5, 5.41) is 0. The Hall–Kier alpha value is -2.34. The summed E-state index contributed by atoms with van der Waals surface area (Å²) in [6, 6.07) is 13.7. The first-order chi connectivity index (χ1) is 13.1. The molecule has 0 atom stereocenters. The number of sulfonamides is 1.